The summed E-state index contributed by atoms with van der Waals surface area (Å²) in [5, 5.41) is 13.5. The van der Waals surface area contributed by atoms with Crippen molar-refractivity contribution in [1.82, 2.24) is 14.5 Å². The van der Waals surface area contributed by atoms with E-state index in [4.69, 9.17) is 9.72 Å². The number of nitro benzene ring substituents is 1. The van der Waals surface area contributed by atoms with E-state index >= 15 is 0 Å². The number of hydrogen-bond acceptors (Lipinski definition) is 6. The molecule has 2 heterocycles. The maximum Gasteiger partial charge on any atom is 0.269 e. The molecule has 1 saturated heterocycles. The summed E-state index contributed by atoms with van der Waals surface area (Å²) < 4.78 is 7.53. The molecule has 3 aromatic rings. The second-order valence-electron chi connectivity index (χ2n) is 8.34. The third kappa shape index (κ3) is 5.05. The molecule has 2 aromatic carbocycles. The zero-order valence-electron chi connectivity index (χ0n) is 18.3. The number of carbonyl (C=O) groups excluding carboxylic acids is 1. The third-order valence-corrected chi connectivity index (χ3v) is 5.92. The fraction of sp³-hybridized carbons (Fsp3) is 0.391. The second-order valence-corrected chi connectivity index (χ2v) is 8.34. The van der Waals surface area contributed by atoms with Crippen LogP contribution in [0.25, 0.3) is 11.0 Å². The number of imidazole rings is 1. The van der Waals surface area contributed by atoms with Crippen molar-refractivity contribution in [2.45, 2.75) is 26.3 Å². The normalized spacial score (nSPS) is 15.1. The van der Waals surface area contributed by atoms with Gasteiger partial charge in [0.25, 0.3) is 11.6 Å². The van der Waals surface area contributed by atoms with E-state index in [1.165, 1.54) is 37.1 Å². The number of likely N-dealkylation sites (tertiary alicyclic amines) is 1. The Morgan fingerprint density at radius 1 is 1.22 bits per heavy atom. The zero-order valence-corrected chi connectivity index (χ0v) is 18.3. The van der Waals surface area contributed by atoms with Gasteiger partial charge in [-0.1, -0.05) is 6.92 Å². The van der Waals surface area contributed by atoms with Gasteiger partial charge in [0.15, 0.2) is 6.61 Å². The fourth-order valence-electron chi connectivity index (χ4n) is 3.90. The number of piperidine rings is 1. The molecule has 0 bridgehead atoms. The van der Waals surface area contributed by atoms with E-state index in [9.17, 15) is 14.9 Å². The van der Waals surface area contributed by atoms with E-state index in [2.05, 4.69) is 21.7 Å². The van der Waals surface area contributed by atoms with Gasteiger partial charge in [0.05, 0.1) is 22.5 Å². The van der Waals surface area contributed by atoms with Crippen molar-refractivity contribution in [2.24, 2.45) is 13.0 Å². The molecule has 9 heteroatoms. The number of anilines is 1. The third-order valence-electron chi connectivity index (χ3n) is 5.92. The van der Waals surface area contributed by atoms with Crippen molar-refractivity contribution in [3.05, 3.63) is 58.4 Å². The number of rotatable bonds is 7. The van der Waals surface area contributed by atoms with Crippen molar-refractivity contribution >= 4 is 28.3 Å². The molecule has 32 heavy (non-hydrogen) atoms. The number of aryl methyl sites for hydroxylation is 1. The number of nitrogens with zero attached hydrogens (tertiary/aromatic N) is 4. The largest absolute Gasteiger partial charge is 0.484 e. The molecule has 0 unspecified atom stereocenters. The number of fused-ring (bicyclic) bond motifs is 1. The van der Waals surface area contributed by atoms with Crippen LogP contribution < -0.4 is 10.1 Å². The van der Waals surface area contributed by atoms with Crippen LogP contribution in [0.4, 0.5) is 11.4 Å². The van der Waals surface area contributed by atoms with E-state index in [-0.39, 0.29) is 18.2 Å². The molecule has 0 aliphatic carbocycles. The van der Waals surface area contributed by atoms with Crippen LogP contribution in [0.5, 0.6) is 5.75 Å². The Bertz CT molecular complexity index is 1120. The maximum atomic E-state index is 12.3. The smallest absolute Gasteiger partial charge is 0.269 e. The molecule has 1 aliphatic heterocycles. The monoisotopic (exact) mass is 437 g/mol. The predicted molar refractivity (Wildman–Crippen MR) is 122 cm³/mol. The van der Waals surface area contributed by atoms with Crippen LogP contribution in [0.15, 0.2) is 42.5 Å². The first-order valence-corrected chi connectivity index (χ1v) is 10.7. The summed E-state index contributed by atoms with van der Waals surface area (Å²) in [4.78, 5) is 29.7. The average molecular weight is 438 g/mol. The Hall–Kier alpha value is -3.46. The first-order valence-electron chi connectivity index (χ1n) is 10.7. The maximum absolute atomic E-state index is 12.3. The van der Waals surface area contributed by atoms with Gasteiger partial charge in [0.2, 0.25) is 0 Å². The minimum Gasteiger partial charge on any atom is -0.484 e. The minimum atomic E-state index is -0.483. The summed E-state index contributed by atoms with van der Waals surface area (Å²) in [6.45, 7) is 5.12. The van der Waals surface area contributed by atoms with E-state index in [1.54, 1.807) is 0 Å². The lowest BCUT2D eigenvalue weighted by atomic mass is 9.99. The number of benzene rings is 2. The van der Waals surface area contributed by atoms with Gasteiger partial charge < -0.3 is 14.6 Å². The highest BCUT2D eigenvalue weighted by molar-refractivity contribution is 5.94. The van der Waals surface area contributed by atoms with Gasteiger partial charge in [-0.05, 0) is 62.2 Å². The van der Waals surface area contributed by atoms with E-state index in [0.717, 1.165) is 42.4 Å². The average Bonchev–Trinajstić information content (AvgIpc) is 3.08. The van der Waals surface area contributed by atoms with Crippen molar-refractivity contribution < 1.29 is 14.5 Å². The second kappa shape index (κ2) is 9.35. The molecule has 1 fully saturated rings. The molecular weight excluding hydrogens is 410 g/mol. The molecule has 0 atom stereocenters. The van der Waals surface area contributed by atoms with Crippen molar-refractivity contribution in [2.75, 3.05) is 25.0 Å². The van der Waals surface area contributed by atoms with E-state index < -0.39 is 4.92 Å². The van der Waals surface area contributed by atoms with E-state index in [0.29, 0.717) is 11.4 Å². The Balaban J connectivity index is 1.36. The number of non-ortho nitro benzene ring substituents is 1. The molecule has 0 radical (unpaired) electrons. The lowest BCUT2D eigenvalue weighted by Gasteiger charge is -2.29. The minimum absolute atomic E-state index is 0.0281. The number of nitro groups is 1. The first-order chi connectivity index (χ1) is 15.4. The van der Waals surface area contributed by atoms with Crippen LogP contribution in [0.1, 0.15) is 25.6 Å². The molecule has 1 aliphatic rings. The van der Waals surface area contributed by atoms with Crippen LogP contribution in [-0.2, 0) is 18.4 Å². The van der Waals surface area contributed by atoms with Gasteiger partial charge in [0, 0.05) is 24.9 Å². The standard InChI is InChI=1S/C23H27N5O4/c1-16-9-11-27(12-10-16)14-22-25-20-13-17(3-8-21(20)26(22)2)24-23(29)15-32-19-6-4-18(5-7-19)28(30)31/h3-8,13,16H,9-12,14-15H2,1-2H3,(H,24,29). The SMILES string of the molecule is CC1CCN(Cc2nc3cc(NC(=O)COc4ccc([N+](=O)[O-])cc4)ccc3n2C)CC1. The molecule has 9 nitrogen and oxygen atoms in total. The van der Waals surface area contributed by atoms with Gasteiger partial charge in [-0.3, -0.25) is 19.8 Å². The van der Waals surface area contributed by atoms with Crippen LogP contribution in [0, 0.1) is 16.0 Å². The number of carbonyl (C=O) groups is 1. The van der Waals surface area contributed by atoms with Crippen LogP contribution in [0.2, 0.25) is 0 Å². The van der Waals surface area contributed by atoms with Gasteiger partial charge in [-0.2, -0.15) is 0 Å². The Morgan fingerprint density at radius 2 is 1.94 bits per heavy atom. The summed E-state index contributed by atoms with van der Waals surface area (Å²) in [5.74, 6) is 1.88. The number of nitrogens with one attached hydrogen (secondary N) is 1. The van der Waals surface area contributed by atoms with Gasteiger partial charge in [-0.15, -0.1) is 0 Å². The van der Waals surface area contributed by atoms with Gasteiger partial charge in [-0.25, -0.2) is 4.98 Å². The summed E-state index contributed by atoms with van der Waals surface area (Å²) in [6, 6.07) is 11.3. The van der Waals surface area contributed by atoms with Gasteiger partial charge >= 0.3 is 0 Å². The Labute approximate surface area is 186 Å². The molecular formula is C23H27N5O4. The highest BCUT2D eigenvalue weighted by atomic mass is 16.6. The number of aromatic nitrogens is 2. The number of hydrogen-bond donors (Lipinski definition) is 1. The quantitative estimate of drug-likeness (QED) is 0.446. The zero-order chi connectivity index (χ0) is 22.7. The predicted octanol–water partition coefficient (Wildman–Crippen LogP) is 3.73. The summed E-state index contributed by atoms with van der Waals surface area (Å²) in [6.07, 6.45) is 2.45. The molecule has 0 spiro atoms. The lowest BCUT2D eigenvalue weighted by molar-refractivity contribution is -0.384. The highest BCUT2D eigenvalue weighted by Crippen LogP contribution is 2.23. The van der Waals surface area contributed by atoms with Gasteiger partial charge in [0.1, 0.15) is 11.6 Å². The van der Waals surface area contributed by atoms with Crippen LogP contribution >= 0.6 is 0 Å². The van der Waals surface area contributed by atoms with Crippen molar-refractivity contribution in [1.29, 1.82) is 0 Å². The number of amides is 1. The molecule has 0 saturated carbocycles. The highest BCUT2D eigenvalue weighted by Gasteiger charge is 2.18. The fourth-order valence-corrected chi connectivity index (χ4v) is 3.90. The first kappa shape index (κ1) is 21.8. The molecule has 168 valence electrons. The molecule has 4 rings (SSSR count). The molecule has 1 N–H and O–H groups in total. The Morgan fingerprint density at radius 3 is 2.62 bits per heavy atom. The lowest BCUT2D eigenvalue weighted by Crippen LogP contribution is -2.33. The topological polar surface area (TPSA) is 103 Å². The molecule has 1 aromatic heterocycles. The van der Waals surface area contributed by atoms with Crippen molar-refractivity contribution in [3.63, 3.8) is 0 Å². The summed E-state index contributed by atoms with van der Waals surface area (Å²) in [7, 11) is 2.02. The van der Waals surface area contributed by atoms with E-state index in [1.807, 2.05) is 25.2 Å². The summed E-state index contributed by atoms with van der Waals surface area (Å²) >= 11 is 0. The molecule has 1 amide bonds. The van der Waals surface area contributed by atoms with Crippen LogP contribution in [-0.4, -0.2) is 45.0 Å². The van der Waals surface area contributed by atoms with Crippen molar-refractivity contribution in [3.8, 4) is 5.75 Å². The number of ether oxygens (including phenoxy) is 1. The Kier molecular flexibility index (Phi) is 6.36. The van der Waals surface area contributed by atoms with Crippen LogP contribution in [0.3, 0.4) is 0 Å². The summed E-state index contributed by atoms with van der Waals surface area (Å²) in [5.41, 5.74) is 2.47.